The van der Waals surface area contributed by atoms with Crippen molar-refractivity contribution in [1.29, 1.82) is 0 Å². The van der Waals surface area contributed by atoms with Crippen LogP contribution in [0.5, 0.6) is 0 Å². The first kappa shape index (κ1) is 15.5. The highest BCUT2D eigenvalue weighted by Crippen LogP contribution is 2.32. The number of carbonyl (C=O) groups is 1. The van der Waals surface area contributed by atoms with Crippen molar-refractivity contribution in [3.8, 4) is 0 Å². The highest BCUT2D eigenvalue weighted by molar-refractivity contribution is 6.29. The van der Waals surface area contributed by atoms with Crippen LogP contribution >= 0.6 is 11.6 Å². The summed E-state index contributed by atoms with van der Waals surface area (Å²) in [5.41, 5.74) is 0.328. The van der Waals surface area contributed by atoms with Gasteiger partial charge < -0.3 is 0 Å². The maximum atomic E-state index is 12.6. The van der Waals surface area contributed by atoms with Crippen LogP contribution in [-0.2, 0) is 11.0 Å². The number of alkyl halides is 3. The molecule has 0 radical (unpaired) electrons. The molecule has 1 atom stereocenters. The summed E-state index contributed by atoms with van der Waals surface area (Å²) in [5.74, 6) is -0.837. The Balaban J connectivity index is 2.39. The molecule has 0 saturated carbocycles. The van der Waals surface area contributed by atoms with Crippen LogP contribution in [0.3, 0.4) is 0 Å². The van der Waals surface area contributed by atoms with Crippen molar-refractivity contribution in [3.05, 3.63) is 64.4 Å². The fourth-order valence-corrected chi connectivity index (χ4v) is 2.20. The summed E-state index contributed by atoms with van der Waals surface area (Å²) in [6, 6.07) is 7.73. The Morgan fingerprint density at radius 1 is 1.10 bits per heavy atom. The van der Waals surface area contributed by atoms with Crippen molar-refractivity contribution in [2.24, 2.45) is 0 Å². The topological polar surface area (TPSA) is 30.0 Å². The minimum Gasteiger partial charge on any atom is -0.299 e. The van der Waals surface area contributed by atoms with Crippen molar-refractivity contribution < 1.29 is 18.0 Å². The molecular formula is C15H11ClF3NO. The molecule has 2 rings (SSSR count). The van der Waals surface area contributed by atoms with Gasteiger partial charge in [-0.05, 0) is 36.2 Å². The van der Waals surface area contributed by atoms with Gasteiger partial charge >= 0.3 is 6.18 Å². The van der Waals surface area contributed by atoms with E-state index in [1.807, 2.05) is 0 Å². The molecule has 0 aliphatic rings. The second-order valence-corrected chi connectivity index (χ2v) is 4.96. The Morgan fingerprint density at radius 3 is 2.10 bits per heavy atom. The van der Waals surface area contributed by atoms with Crippen LogP contribution in [0.2, 0.25) is 5.15 Å². The van der Waals surface area contributed by atoms with Crippen LogP contribution in [0, 0.1) is 0 Å². The Morgan fingerprint density at radius 2 is 1.67 bits per heavy atom. The largest absolute Gasteiger partial charge is 0.416 e. The number of Topliss-reactive ketones (excluding diaryl/α,β-unsaturated/α-hetero) is 1. The number of hydrogen-bond acceptors (Lipinski definition) is 2. The van der Waals surface area contributed by atoms with Crippen molar-refractivity contribution in [2.75, 3.05) is 0 Å². The van der Waals surface area contributed by atoms with E-state index in [1.165, 1.54) is 31.3 Å². The monoisotopic (exact) mass is 313 g/mol. The molecule has 110 valence electrons. The van der Waals surface area contributed by atoms with E-state index in [-0.39, 0.29) is 10.9 Å². The van der Waals surface area contributed by atoms with Crippen molar-refractivity contribution >= 4 is 17.4 Å². The minimum absolute atomic E-state index is 0.182. The smallest absolute Gasteiger partial charge is 0.299 e. The summed E-state index contributed by atoms with van der Waals surface area (Å²) in [4.78, 5) is 15.7. The molecule has 2 aromatic rings. The van der Waals surface area contributed by atoms with E-state index in [1.54, 1.807) is 6.07 Å². The molecule has 0 amide bonds. The SMILES string of the molecule is CC(=O)C(c1ccc(C(F)(F)F)cc1)c1ccc(Cl)nc1. The first-order chi connectivity index (χ1) is 9.79. The van der Waals surface area contributed by atoms with Crippen LogP contribution < -0.4 is 0 Å². The van der Waals surface area contributed by atoms with Crippen LogP contribution in [0.25, 0.3) is 0 Å². The summed E-state index contributed by atoms with van der Waals surface area (Å²) in [5, 5.41) is 0.286. The quantitative estimate of drug-likeness (QED) is 0.782. The summed E-state index contributed by atoms with van der Waals surface area (Å²) >= 11 is 5.69. The highest BCUT2D eigenvalue weighted by Gasteiger charge is 2.30. The molecule has 6 heteroatoms. The van der Waals surface area contributed by atoms with E-state index in [0.717, 1.165) is 12.1 Å². The van der Waals surface area contributed by atoms with Crippen LogP contribution in [0.4, 0.5) is 13.2 Å². The molecule has 0 aliphatic heterocycles. The number of nitrogens with zero attached hydrogens (tertiary/aromatic N) is 1. The molecule has 21 heavy (non-hydrogen) atoms. The molecule has 1 aromatic carbocycles. The molecule has 0 bridgehead atoms. The molecule has 0 fully saturated rings. The molecule has 0 N–H and O–H groups in total. The number of pyridine rings is 1. The summed E-state index contributed by atoms with van der Waals surface area (Å²) in [6.07, 6.45) is -2.95. The number of hydrogen-bond donors (Lipinski definition) is 0. The number of rotatable bonds is 3. The van der Waals surface area contributed by atoms with Gasteiger partial charge in [-0.2, -0.15) is 13.2 Å². The van der Waals surface area contributed by atoms with Gasteiger partial charge in [-0.15, -0.1) is 0 Å². The van der Waals surface area contributed by atoms with Crippen LogP contribution in [0.1, 0.15) is 29.5 Å². The zero-order valence-electron chi connectivity index (χ0n) is 11.0. The standard InChI is InChI=1S/C15H11ClF3NO/c1-9(21)14(11-4-7-13(16)20-8-11)10-2-5-12(6-3-10)15(17,18)19/h2-8,14H,1H3. The van der Waals surface area contributed by atoms with Gasteiger partial charge in [-0.25, -0.2) is 4.98 Å². The minimum atomic E-state index is -4.40. The van der Waals surface area contributed by atoms with Gasteiger partial charge in [-0.3, -0.25) is 4.79 Å². The average Bonchev–Trinajstić information content (AvgIpc) is 2.40. The van der Waals surface area contributed by atoms with Gasteiger partial charge in [0, 0.05) is 6.20 Å². The highest BCUT2D eigenvalue weighted by atomic mass is 35.5. The fraction of sp³-hybridized carbons (Fsp3) is 0.200. The lowest BCUT2D eigenvalue weighted by molar-refractivity contribution is -0.137. The Hall–Kier alpha value is -1.88. The van der Waals surface area contributed by atoms with Gasteiger partial charge in [0.25, 0.3) is 0 Å². The Labute approximate surface area is 124 Å². The number of halogens is 4. The third-order valence-electron chi connectivity index (χ3n) is 3.06. The molecule has 0 saturated heterocycles. The van der Waals surface area contributed by atoms with Gasteiger partial charge in [-0.1, -0.05) is 29.8 Å². The van der Waals surface area contributed by atoms with Gasteiger partial charge in [0.1, 0.15) is 10.9 Å². The lowest BCUT2D eigenvalue weighted by Gasteiger charge is -2.15. The van der Waals surface area contributed by atoms with E-state index in [4.69, 9.17) is 11.6 Å². The van der Waals surface area contributed by atoms with Gasteiger partial charge in [0.05, 0.1) is 11.5 Å². The van der Waals surface area contributed by atoms with Crippen molar-refractivity contribution in [1.82, 2.24) is 4.98 Å². The summed E-state index contributed by atoms with van der Waals surface area (Å²) in [7, 11) is 0. The molecule has 2 nitrogen and oxygen atoms in total. The van der Waals surface area contributed by atoms with E-state index in [2.05, 4.69) is 4.98 Å². The first-order valence-corrected chi connectivity index (χ1v) is 6.46. The second kappa shape index (κ2) is 5.85. The summed E-state index contributed by atoms with van der Waals surface area (Å²) in [6.45, 7) is 1.39. The molecule has 0 aliphatic carbocycles. The Bertz CT molecular complexity index is 635. The molecular weight excluding hydrogens is 303 g/mol. The summed E-state index contributed by atoms with van der Waals surface area (Å²) < 4.78 is 37.7. The van der Waals surface area contributed by atoms with Crippen molar-refractivity contribution in [2.45, 2.75) is 19.0 Å². The lowest BCUT2D eigenvalue weighted by atomic mass is 9.89. The molecule has 0 spiro atoms. The van der Waals surface area contributed by atoms with Crippen molar-refractivity contribution in [3.63, 3.8) is 0 Å². The van der Waals surface area contributed by atoms with Gasteiger partial charge in [0.15, 0.2) is 0 Å². The van der Waals surface area contributed by atoms with Crippen LogP contribution in [0.15, 0.2) is 42.6 Å². The zero-order valence-corrected chi connectivity index (χ0v) is 11.7. The Kier molecular flexibility index (Phi) is 4.32. The van der Waals surface area contributed by atoms with E-state index in [0.29, 0.717) is 11.1 Å². The third-order valence-corrected chi connectivity index (χ3v) is 3.29. The zero-order chi connectivity index (χ0) is 15.6. The lowest BCUT2D eigenvalue weighted by Crippen LogP contribution is -2.12. The van der Waals surface area contributed by atoms with E-state index in [9.17, 15) is 18.0 Å². The number of ketones is 1. The average molecular weight is 314 g/mol. The number of carbonyl (C=O) groups excluding carboxylic acids is 1. The predicted molar refractivity (Wildman–Crippen MR) is 73.2 cm³/mol. The number of aromatic nitrogens is 1. The number of benzene rings is 1. The maximum absolute atomic E-state index is 12.6. The van der Waals surface area contributed by atoms with E-state index >= 15 is 0 Å². The fourth-order valence-electron chi connectivity index (χ4n) is 2.08. The molecule has 1 heterocycles. The van der Waals surface area contributed by atoms with E-state index < -0.39 is 17.7 Å². The predicted octanol–water partition coefficient (Wildman–Crippen LogP) is 4.47. The molecule has 1 unspecified atom stereocenters. The maximum Gasteiger partial charge on any atom is 0.416 e. The third kappa shape index (κ3) is 3.61. The van der Waals surface area contributed by atoms with Crippen LogP contribution in [-0.4, -0.2) is 10.8 Å². The normalized spacial score (nSPS) is 13.0. The second-order valence-electron chi connectivity index (χ2n) is 4.58. The molecule has 1 aromatic heterocycles. The first-order valence-electron chi connectivity index (χ1n) is 6.08. The van der Waals surface area contributed by atoms with Gasteiger partial charge in [0.2, 0.25) is 0 Å².